The van der Waals surface area contributed by atoms with Crippen LogP contribution in [0.1, 0.15) is 25.7 Å². The predicted octanol–water partition coefficient (Wildman–Crippen LogP) is 2.63. The van der Waals surface area contributed by atoms with E-state index in [2.05, 4.69) is 38.2 Å². The first kappa shape index (κ1) is 17.2. The van der Waals surface area contributed by atoms with Crippen LogP contribution in [0.4, 0.5) is 5.82 Å². The zero-order chi connectivity index (χ0) is 18.9. The third kappa shape index (κ3) is 3.10. The van der Waals surface area contributed by atoms with Crippen LogP contribution in [-0.4, -0.2) is 56.6 Å². The van der Waals surface area contributed by atoms with E-state index >= 15 is 0 Å². The van der Waals surface area contributed by atoms with Gasteiger partial charge < -0.3 is 9.80 Å². The van der Waals surface area contributed by atoms with Crippen molar-refractivity contribution >= 4 is 17.5 Å². The average molecular weight is 376 g/mol. The van der Waals surface area contributed by atoms with Gasteiger partial charge in [-0.05, 0) is 12.8 Å². The number of carbonyl (C=O) groups excluding carboxylic acids is 1. The molecule has 28 heavy (non-hydrogen) atoms. The Morgan fingerprint density at radius 2 is 1.75 bits per heavy atom. The Labute approximate surface area is 164 Å². The van der Waals surface area contributed by atoms with Crippen molar-refractivity contribution in [3.8, 4) is 11.3 Å². The smallest absolute Gasteiger partial charge is 0.254 e. The summed E-state index contributed by atoms with van der Waals surface area (Å²) < 4.78 is 1.79. The standard InChI is InChI=1S/C21H24N6O/c28-20(17-8-4-5-9-17)26-12-10-25(11-13-26)19-14-18(16-6-2-1-3-7-16)24-21-22-15-23-27(19)21/h1-3,6-7,14-15,17H,4-5,8-13H2. The van der Waals surface area contributed by atoms with Gasteiger partial charge >= 0.3 is 0 Å². The van der Waals surface area contributed by atoms with Crippen LogP contribution in [-0.2, 0) is 4.79 Å². The highest BCUT2D eigenvalue weighted by atomic mass is 16.2. The highest BCUT2D eigenvalue weighted by Gasteiger charge is 2.30. The number of hydrogen-bond acceptors (Lipinski definition) is 5. The molecular formula is C21H24N6O. The Bertz CT molecular complexity index is 971. The third-order valence-corrected chi connectivity index (χ3v) is 5.92. The Kier molecular flexibility index (Phi) is 4.43. The molecule has 5 rings (SSSR count). The van der Waals surface area contributed by atoms with Gasteiger partial charge in [0.1, 0.15) is 12.1 Å². The van der Waals surface area contributed by atoms with Crippen LogP contribution >= 0.6 is 0 Å². The monoisotopic (exact) mass is 376 g/mol. The summed E-state index contributed by atoms with van der Waals surface area (Å²) in [5.74, 6) is 2.18. The summed E-state index contributed by atoms with van der Waals surface area (Å²) in [5, 5.41) is 4.37. The van der Waals surface area contributed by atoms with E-state index < -0.39 is 0 Å². The largest absolute Gasteiger partial charge is 0.353 e. The molecule has 0 radical (unpaired) electrons. The van der Waals surface area contributed by atoms with E-state index in [0.29, 0.717) is 11.7 Å². The topological polar surface area (TPSA) is 66.6 Å². The van der Waals surface area contributed by atoms with Crippen LogP contribution in [0.25, 0.3) is 17.0 Å². The minimum atomic E-state index is 0.249. The molecule has 0 unspecified atom stereocenters. The minimum absolute atomic E-state index is 0.249. The van der Waals surface area contributed by atoms with Crippen LogP contribution in [0.2, 0.25) is 0 Å². The van der Waals surface area contributed by atoms with Crippen molar-refractivity contribution in [2.45, 2.75) is 25.7 Å². The van der Waals surface area contributed by atoms with Crippen molar-refractivity contribution in [1.29, 1.82) is 0 Å². The number of carbonyl (C=O) groups is 1. The van der Waals surface area contributed by atoms with Gasteiger partial charge in [0.25, 0.3) is 5.78 Å². The molecule has 0 N–H and O–H groups in total. The average Bonchev–Trinajstić information content (AvgIpc) is 3.45. The number of piperazine rings is 1. The molecule has 0 bridgehead atoms. The second kappa shape index (κ2) is 7.22. The maximum atomic E-state index is 12.7. The highest BCUT2D eigenvalue weighted by molar-refractivity contribution is 5.79. The van der Waals surface area contributed by atoms with E-state index in [1.807, 2.05) is 23.1 Å². The van der Waals surface area contributed by atoms with Crippen LogP contribution < -0.4 is 4.90 Å². The minimum Gasteiger partial charge on any atom is -0.353 e. The van der Waals surface area contributed by atoms with Gasteiger partial charge in [-0.15, -0.1) is 0 Å². The molecule has 144 valence electrons. The van der Waals surface area contributed by atoms with Gasteiger partial charge in [-0.3, -0.25) is 4.79 Å². The molecule has 7 nitrogen and oxygen atoms in total. The normalized spacial score (nSPS) is 18.1. The van der Waals surface area contributed by atoms with Crippen LogP contribution in [0.15, 0.2) is 42.7 Å². The number of rotatable bonds is 3. The molecule has 1 saturated heterocycles. The quantitative estimate of drug-likeness (QED) is 0.703. The SMILES string of the molecule is O=C(C1CCCC1)N1CCN(c2cc(-c3ccccc3)nc3ncnn23)CC1. The fraction of sp³-hybridized carbons (Fsp3) is 0.429. The van der Waals surface area contributed by atoms with Crippen molar-refractivity contribution in [2.75, 3.05) is 31.1 Å². The first-order chi connectivity index (χ1) is 13.8. The van der Waals surface area contributed by atoms with Crippen LogP contribution in [0.5, 0.6) is 0 Å². The van der Waals surface area contributed by atoms with Crippen molar-refractivity contribution in [3.63, 3.8) is 0 Å². The van der Waals surface area contributed by atoms with E-state index in [1.165, 1.54) is 12.8 Å². The van der Waals surface area contributed by atoms with Crippen LogP contribution in [0, 0.1) is 5.92 Å². The van der Waals surface area contributed by atoms with Gasteiger partial charge in [-0.25, -0.2) is 4.98 Å². The lowest BCUT2D eigenvalue weighted by Crippen LogP contribution is -2.50. The molecule has 2 aliphatic rings. The number of anilines is 1. The molecule has 3 heterocycles. The lowest BCUT2D eigenvalue weighted by atomic mass is 10.1. The van der Waals surface area contributed by atoms with Gasteiger partial charge in [-0.2, -0.15) is 14.6 Å². The summed E-state index contributed by atoms with van der Waals surface area (Å²) in [5.41, 5.74) is 1.95. The molecule has 1 aliphatic heterocycles. The molecule has 0 spiro atoms. The Hall–Kier alpha value is -2.96. The second-order valence-electron chi connectivity index (χ2n) is 7.63. The van der Waals surface area contributed by atoms with Crippen LogP contribution in [0.3, 0.4) is 0 Å². The molecule has 0 atom stereocenters. The van der Waals surface area contributed by atoms with Gasteiger partial charge in [0.05, 0.1) is 5.69 Å². The first-order valence-electron chi connectivity index (χ1n) is 10.1. The fourth-order valence-electron chi connectivity index (χ4n) is 4.37. The second-order valence-corrected chi connectivity index (χ2v) is 7.63. The maximum Gasteiger partial charge on any atom is 0.254 e. The molecule has 2 aromatic heterocycles. The first-order valence-corrected chi connectivity index (χ1v) is 10.1. The zero-order valence-electron chi connectivity index (χ0n) is 15.9. The van der Waals surface area contributed by atoms with Gasteiger partial charge in [0.2, 0.25) is 5.91 Å². The van der Waals surface area contributed by atoms with Crippen molar-refractivity contribution in [3.05, 3.63) is 42.7 Å². The van der Waals surface area contributed by atoms with Gasteiger partial charge in [0, 0.05) is 43.7 Å². The van der Waals surface area contributed by atoms with E-state index in [0.717, 1.165) is 56.1 Å². The molecule has 1 saturated carbocycles. The van der Waals surface area contributed by atoms with Crippen molar-refractivity contribution in [1.82, 2.24) is 24.5 Å². The van der Waals surface area contributed by atoms with Gasteiger partial charge in [-0.1, -0.05) is 43.2 Å². The molecule has 2 fully saturated rings. The maximum absolute atomic E-state index is 12.7. The number of nitrogens with zero attached hydrogens (tertiary/aromatic N) is 6. The molecule has 1 aliphatic carbocycles. The lowest BCUT2D eigenvalue weighted by Gasteiger charge is -2.37. The van der Waals surface area contributed by atoms with E-state index in [9.17, 15) is 4.79 Å². The fourth-order valence-corrected chi connectivity index (χ4v) is 4.37. The van der Waals surface area contributed by atoms with Crippen molar-refractivity contribution < 1.29 is 4.79 Å². The molecule has 7 heteroatoms. The lowest BCUT2D eigenvalue weighted by molar-refractivity contribution is -0.135. The molecule has 1 amide bonds. The van der Waals surface area contributed by atoms with Crippen molar-refractivity contribution in [2.24, 2.45) is 5.92 Å². The van der Waals surface area contributed by atoms with E-state index in [4.69, 9.17) is 0 Å². The number of benzene rings is 1. The Morgan fingerprint density at radius 1 is 1.00 bits per heavy atom. The number of amides is 1. The third-order valence-electron chi connectivity index (χ3n) is 5.92. The summed E-state index contributed by atoms with van der Waals surface area (Å²) in [7, 11) is 0. The zero-order valence-corrected chi connectivity index (χ0v) is 15.9. The molecular weight excluding hydrogens is 352 g/mol. The Morgan fingerprint density at radius 3 is 2.50 bits per heavy atom. The molecule has 3 aromatic rings. The summed E-state index contributed by atoms with van der Waals surface area (Å²) in [6.45, 7) is 3.11. The summed E-state index contributed by atoms with van der Waals surface area (Å²) in [6, 6.07) is 12.2. The van der Waals surface area contributed by atoms with E-state index in [-0.39, 0.29) is 5.92 Å². The number of fused-ring (bicyclic) bond motifs is 1. The number of hydrogen-bond donors (Lipinski definition) is 0. The van der Waals surface area contributed by atoms with E-state index in [1.54, 1.807) is 10.8 Å². The number of aromatic nitrogens is 4. The summed E-state index contributed by atoms with van der Waals surface area (Å²) in [4.78, 5) is 26.0. The van der Waals surface area contributed by atoms with Gasteiger partial charge in [0.15, 0.2) is 0 Å². The predicted molar refractivity (Wildman–Crippen MR) is 107 cm³/mol. The summed E-state index contributed by atoms with van der Waals surface area (Å²) >= 11 is 0. The summed E-state index contributed by atoms with van der Waals surface area (Å²) in [6.07, 6.45) is 6.05. The Balaban J connectivity index is 1.39. The molecule has 1 aromatic carbocycles. The highest BCUT2D eigenvalue weighted by Crippen LogP contribution is 2.28.